The zero-order valence-electron chi connectivity index (χ0n) is 13.6. The molecular formula is C19H20ClIN2O. The van der Waals surface area contributed by atoms with Crippen LogP contribution < -0.4 is 10.2 Å². The third-order valence-electron chi connectivity index (χ3n) is 4.45. The fourth-order valence-corrected chi connectivity index (χ4v) is 3.66. The first-order chi connectivity index (χ1) is 11.5. The smallest absolute Gasteiger partial charge is 0.257 e. The average Bonchev–Trinajstić information content (AvgIpc) is 2.58. The van der Waals surface area contributed by atoms with Gasteiger partial charge in [0.25, 0.3) is 5.91 Å². The number of amides is 1. The van der Waals surface area contributed by atoms with E-state index in [-0.39, 0.29) is 5.91 Å². The number of carbonyl (C=O) groups is 1. The maximum absolute atomic E-state index is 12.7. The largest absolute Gasteiger partial charge is 0.370 e. The van der Waals surface area contributed by atoms with Gasteiger partial charge in [0.15, 0.2) is 0 Å². The summed E-state index contributed by atoms with van der Waals surface area (Å²) < 4.78 is 0.987. The number of rotatable bonds is 3. The van der Waals surface area contributed by atoms with Gasteiger partial charge in [0.2, 0.25) is 0 Å². The molecule has 0 radical (unpaired) electrons. The molecule has 3 rings (SSSR count). The normalized spacial score (nSPS) is 15.4. The number of nitrogens with one attached hydrogen (secondary N) is 1. The third kappa shape index (κ3) is 4.03. The van der Waals surface area contributed by atoms with Gasteiger partial charge in [-0.05, 0) is 71.7 Å². The number of benzene rings is 2. The van der Waals surface area contributed by atoms with E-state index in [9.17, 15) is 4.79 Å². The topological polar surface area (TPSA) is 32.3 Å². The van der Waals surface area contributed by atoms with Crippen LogP contribution in [0.4, 0.5) is 11.4 Å². The minimum Gasteiger partial charge on any atom is -0.370 e. The Morgan fingerprint density at radius 3 is 2.67 bits per heavy atom. The van der Waals surface area contributed by atoms with Crippen molar-refractivity contribution in [1.29, 1.82) is 0 Å². The van der Waals surface area contributed by atoms with E-state index in [4.69, 9.17) is 11.6 Å². The molecule has 1 aliphatic heterocycles. The van der Waals surface area contributed by atoms with Gasteiger partial charge < -0.3 is 10.2 Å². The standard InChI is InChI=1S/C19H20ClIN2O/c1-13-8-10-23(11-9-13)18-5-3-2-4-17(18)22-19(24)15-12-14(21)6-7-16(15)20/h2-7,12-13H,8-11H2,1H3,(H,22,24). The van der Waals surface area contributed by atoms with Crippen LogP contribution in [0.5, 0.6) is 0 Å². The summed E-state index contributed by atoms with van der Waals surface area (Å²) in [5, 5.41) is 3.50. The van der Waals surface area contributed by atoms with Crippen molar-refractivity contribution in [2.24, 2.45) is 5.92 Å². The van der Waals surface area contributed by atoms with Gasteiger partial charge in [-0.3, -0.25) is 4.79 Å². The van der Waals surface area contributed by atoms with Gasteiger partial charge in [0.1, 0.15) is 0 Å². The van der Waals surface area contributed by atoms with Crippen molar-refractivity contribution in [2.45, 2.75) is 19.8 Å². The van der Waals surface area contributed by atoms with Crippen LogP contribution in [0.1, 0.15) is 30.1 Å². The number of piperidine rings is 1. The molecule has 0 saturated carbocycles. The summed E-state index contributed by atoms with van der Waals surface area (Å²) in [6.07, 6.45) is 2.37. The highest BCUT2D eigenvalue weighted by Gasteiger charge is 2.19. The zero-order chi connectivity index (χ0) is 17.1. The molecule has 1 amide bonds. The highest BCUT2D eigenvalue weighted by atomic mass is 127. The van der Waals surface area contributed by atoms with E-state index in [1.807, 2.05) is 30.3 Å². The Morgan fingerprint density at radius 1 is 1.21 bits per heavy atom. The number of nitrogens with zero attached hydrogens (tertiary/aromatic N) is 1. The molecule has 0 aromatic heterocycles. The predicted octanol–water partition coefficient (Wildman–Crippen LogP) is 5.43. The molecule has 1 fully saturated rings. The minimum absolute atomic E-state index is 0.170. The van der Waals surface area contributed by atoms with Crippen LogP contribution in [-0.4, -0.2) is 19.0 Å². The van der Waals surface area contributed by atoms with Gasteiger partial charge in [0.05, 0.1) is 22.0 Å². The number of hydrogen-bond donors (Lipinski definition) is 1. The molecular weight excluding hydrogens is 435 g/mol. The van der Waals surface area contributed by atoms with E-state index in [1.54, 1.807) is 6.07 Å². The highest BCUT2D eigenvalue weighted by Crippen LogP contribution is 2.30. The molecule has 2 aromatic carbocycles. The highest BCUT2D eigenvalue weighted by molar-refractivity contribution is 14.1. The quantitative estimate of drug-likeness (QED) is 0.627. The number of anilines is 2. The molecule has 3 nitrogen and oxygen atoms in total. The van der Waals surface area contributed by atoms with Gasteiger partial charge in [-0.15, -0.1) is 0 Å². The first kappa shape index (κ1) is 17.5. The van der Waals surface area contributed by atoms with Gasteiger partial charge in [-0.2, -0.15) is 0 Å². The van der Waals surface area contributed by atoms with Crippen molar-refractivity contribution in [3.05, 3.63) is 56.6 Å². The summed E-state index contributed by atoms with van der Waals surface area (Å²) in [6, 6.07) is 13.4. The lowest BCUT2D eigenvalue weighted by atomic mass is 9.98. The van der Waals surface area contributed by atoms with Crippen molar-refractivity contribution in [3.8, 4) is 0 Å². The molecule has 0 atom stereocenters. The lowest BCUT2D eigenvalue weighted by molar-refractivity contribution is 0.102. The molecule has 1 heterocycles. The van der Waals surface area contributed by atoms with E-state index in [0.29, 0.717) is 10.6 Å². The number of para-hydroxylation sites is 2. The summed E-state index contributed by atoms with van der Waals surface area (Å²) in [5.74, 6) is 0.601. The van der Waals surface area contributed by atoms with Crippen LogP contribution in [0.15, 0.2) is 42.5 Å². The SMILES string of the molecule is CC1CCN(c2ccccc2NC(=O)c2cc(I)ccc2Cl)CC1. The molecule has 24 heavy (non-hydrogen) atoms. The second-order valence-corrected chi connectivity index (χ2v) is 7.92. The summed E-state index contributed by atoms with van der Waals surface area (Å²) >= 11 is 8.37. The number of hydrogen-bond acceptors (Lipinski definition) is 2. The van der Waals surface area contributed by atoms with Gasteiger partial charge >= 0.3 is 0 Å². The van der Waals surface area contributed by atoms with Crippen molar-refractivity contribution >= 4 is 51.5 Å². The Morgan fingerprint density at radius 2 is 1.92 bits per heavy atom. The molecule has 5 heteroatoms. The third-order valence-corrected chi connectivity index (χ3v) is 5.45. The fourth-order valence-electron chi connectivity index (χ4n) is 2.97. The second kappa shape index (κ2) is 7.74. The summed E-state index contributed by atoms with van der Waals surface area (Å²) in [5.41, 5.74) is 2.43. The maximum Gasteiger partial charge on any atom is 0.257 e. The molecule has 1 N–H and O–H groups in total. The van der Waals surface area contributed by atoms with E-state index in [0.717, 1.165) is 34.0 Å². The van der Waals surface area contributed by atoms with E-state index in [1.165, 1.54) is 12.8 Å². The lowest BCUT2D eigenvalue weighted by Crippen LogP contribution is -2.33. The minimum atomic E-state index is -0.170. The lowest BCUT2D eigenvalue weighted by Gasteiger charge is -2.33. The van der Waals surface area contributed by atoms with Crippen molar-refractivity contribution < 1.29 is 4.79 Å². The van der Waals surface area contributed by atoms with Crippen LogP contribution in [0.25, 0.3) is 0 Å². The molecule has 1 aliphatic rings. The summed E-state index contributed by atoms with van der Waals surface area (Å²) in [7, 11) is 0. The van der Waals surface area contributed by atoms with Gasteiger partial charge in [-0.1, -0.05) is 30.7 Å². The van der Waals surface area contributed by atoms with Gasteiger partial charge in [-0.25, -0.2) is 0 Å². The van der Waals surface area contributed by atoms with Crippen LogP contribution >= 0.6 is 34.2 Å². The van der Waals surface area contributed by atoms with Crippen molar-refractivity contribution in [2.75, 3.05) is 23.3 Å². The average molecular weight is 455 g/mol. The Balaban J connectivity index is 1.82. The molecule has 126 valence electrons. The van der Waals surface area contributed by atoms with E-state index >= 15 is 0 Å². The summed E-state index contributed by atoms with van der Waals surface area (Å²) in [4.78, 5) is 15.0. The Hall–Kier alpha value is -1.27. The van der Waals surface area contributed by atoms with Crippen LogP contribution in [0.2, 0.25) is 5.02 Å². The molecule has 0 spiro atoms. The van der Waals surface area contributed by atoms with Gasteiger partial charge in [0, 0.05) is 16.7 Å². The van der Waals surface area contributed by atoms with E-state index < -0.39 is 0 Å². The maximum atomic E-state index is 12.7. The van der Waals surface area contributed by atoms with Crippen molar-refractivity contribution in [3.63, 3.8) is 0 Å². The van der Waals surface area contributed by atoms with Crippen LogP contribution in [-0.2, 0) is 0 Å². The molecule has 0 unspecified atom stereocenters. The second-order valence-electron chi connectivity index (χ2n) is 6.27. The Labute approximate surface area is 161 Å². The summed E-state index contributed by atoms with van der Waals surface area (Å²) in [6.45, 7) is 4.35. The molecule has 1 saturated heterocycles. The monoisotopic (exact) mass is 454 g/mol. The predicted molar refractivity (Wildman–Crippen MR) is 109 cm³/mol. The number of carbonyl (C=O) groups excluding carboxylic acids is 1. The molecule has 0 bridgehead atoms. The first-order valence-corrected chi connectivity index (χ1v) is 9.60. The zero-order valence-corrected chi connectivity index (χ0v) is 16.5. The molecule has 2 aromatic rings. The van der Waals surface area contributed by atoms with Crippen LogP contribution in [0.3, 0.4) is 0 Å². The Kier molecular flexibility index (Phi) is 5.66. The number of halogens is 2. The Bertz CT molecular complexity index is 742. The van der Waals surface area contributed by atoms with Crippen LogP contribution in [0, 0.1) is 9.49 Å². The fraction of sp³-hybridized carbons (Fsp3) is 0.316. The van der Waals surface area contributed by atoms with E-state index in [2.05, 4.69) is 45.8 Å². The first-order valence-electron chi connectivity index (χ1n) is 8.15. The van der Waals surface area contributed by atoms with Crippen molar-refractivity contribution in [1.82, 2.24) is 0 Å². The molecule has 0 aliphatic carbocycles.